The Balaban J connectivity index is 2.50. The lowest BCUT2D eigenvalue weighted by Crippen LogP contribution is -1.94. The smallest absolute Gasteiger partial charge is 0.258 e. The van der Waals surface area contributed by atoms with Gasteiger partial charge in [-0.2, -0.15) is 14.6 Å². The third-order valence-electron chi connectivity index (χ3n) is 2.24. The van der Waals surface area contributed by atoms with Crippen LogP contribution >= 0.6 is 0 Å². The van der Waals surface area contributed by atoms with Crippen LogP contribution in [0, 0.1) is 22.9 Å². The molecule has 0 atom stereocenters. The van der Waals surface area contributed by atoms with E-state index >= 15 is 0 Å². The number of hydrogen-bond donors (Lipinski definition) is 0. The quantitative estimate of drug-likeness (QED) is 0.590. The van der Waals surface area contributed by atoms with Crippen molar-refractivity contribution in [1.29, 1.82) is 0 Å². The number of halogens is 1. The number of aromatic nitrogens is 2. The van der Waals surface area contributed by atoms with E-state index in [1.165, 1.54) is 6.07 Å². The second kappa shape index (κ2) is 4.25. The summed E-state index contributed by atoms with van der Waals surface area (Å²) in [6.45, 7) is 1.78. The maximum Gasteiger partial charge on any atom is 0.305 e. The van der Waals surface area contributed by atoms with Crippen molar-refractivity contribution in [3.05, 3.63) is 52.0 Å². The zero-order valence-electron chi connectivity index (χ0n) is 8.92. The number of nitrogens with zero attached hydrogens (tertiary/aromatic N) is 3. The average Bonchev–Trinajstić information content (AvgIpc) is 2.30. The maximum absolute atomic E-state index is 13.1. The van der Waals surface area contributed by atoms with Crippen LogP contribution in [-0.2, 0) is 0 Å². The van der Waals surface area contributed by atoms with Crippen molar-refractivity contribution in [1.82, 2.24) is 10.2 Å². The molecule has 1 aromatic heterocycles. The SMILES string of the molecule is Cc1ccc(-c2ccc(F)c([N+](=O)[O-])c2)nn1. The van der Waals surface area contributed by atoms with E-state index in [1.807, 2.05) is 0 Å². The fourth-order valence-electron chi connectivity index (χ4n) is 1.36. The summed E-state index contributed by atoms with van der Waals surface area (Å²) in [5.41, 5.74) is 1.11. The van der Waals surface area contributed by atoms with Gasteiger partial charge in [0.1, 0.15) is 0 Å². The molecule has 0 fully saturated rings. The number of hydrogen-bond acceptors (Lipinski definition) is 4. The average molecular weight is 233 g/mol. The molecule has 0 unspecified atom stereocenters. The van der Waals surface area contributed by atoms with Crippen LogP contribution in [0.1, 0.15) is 5.69 Å². The maximum atomic E-state index is 13.1. The molecule has 2 aromatic rings. The van der Waals surface area contributed by atoms with E-state index in [0.717, 1.165) is 17.8 Å². The monoisotopic (exact) mass is 233 g/mol. The topological polar surface area (TPSA) is 68.9 Å². The second-order valence-electron chi connectivity index (χ2n) is 3.48. The first-order chi connectivity index (χ1) is 8.08. The van der Waals surface area contributed by atoms with E-state index in [1.54, 1.807) is 19.1 Å². The van der Waals surface area contributed by atoms with E-state index in [4.69, 9.17) is 0 Å². The largest absolute Gasteiger partial charge is 0.305 e. The van der Waals surface area contributed by atoms with Gasteiger partial charge in [0.25, 0.3) is 0 Å². The van der Waals surface area contributed by atoms with Crippen LogP contribution in [0.4, 0.5) is 10.1 Å². The molecule has 0 N–H and O–H groups in total. The van der Waals surface area contributed by atoms with Crippen molar-refractivity contribution in [2.45, 2.75) is 6.92 Å². The number of nitro benzene ring substituents is 1. The lowest BCUT2D eigenvalue weighted by atomic mass is 10.1. The Bertz CT molecular complexity index is 569. The number of aryl methyl sites for hydroxylation is 1. The van der Waals surface area contributed by atoms with Crippen molar-refractivity contribution in [3.63, 3.8) is 0 Å². The molecule has 0 radical (unpaired) electrons. The Hall–Kier alpha value is -2.37. The first kappa shape index (κ1) is 11.1. The first-order valence-electron chi connectivity index (χ1n) is 4.82. The van der Waals surface area contributed by atoms with Crippen LogP contribution < -0.4 is 0 Å². The first-order valence-corrected chi connectivity index (χ1v) is 4.82. The number of nitro groups is 1. The highest BCUT2D eigenvalue weighted by atomic mass is 19.1. The molecular weight excluding hydrogens is 225 g/mol. The van der Waals surface area contributed by atoms with Gasteiger partial charge in [-0.05, 0) is 31.2 Å². The normalized spacial score (nSPS) is 10.2. The Morgan fingerprint density at radius 1 is 1.24 bits per heavy atom. The van der Waals surface area contributed by atoms with Gasteiger partial charge >= 0.3 is 5.69 Å². The third-order valence-corrected chi connectivity index (χ3v) is 2.24. The summed E-state index contributed by atoms with van der Waals surface area (Å²) in [4.78, 5) is 9.83. The molecule has 17 heavy (non-hydrogen) atoms. The highest BCUT2D eigenvalue weighted by molar-refractivity contribution is 5.62. The van der Waals surface area contributed by atoms with Gasteiger partial charge in [-0.1, -0.05) is 0 Å². The molecule has 1 aromatic carbocycles. The van der Waals surface area contributed by atoms with E-state index in [2.05, 4.69) is 10.2 Å². The van der Waals surface area contributed by atoms with Crippen molar-refractivity contribution >= 4 is 5.69 Å². The molecule has 0 bridgehead atoms. The molecule has 2 rings (SSSR count). The lowest BCUT2D eigenvalue weighted by molar-refractivity contribution is -0.387. The van der Waals surface area contributed by atoms with Crippen molar-refractivity contribution in [2.75, 3.05) is 0 Å². The summed E-state index contributed by atoms with van der Waals surface area (Å²) >= 11 is 0. The predicted octanol–water partition coefficient (Wildman–Crippen LogP) is 2.50. The number of rotatable bonds is 2. The standard InChI is InChI=1S/C11H8FN3O2/c1-7-2-5-10(14-13-7)8-3-4-9(12)11(6-8)15(16)17/h2-6H,1H3. The summed E-state index contributed by atoms with van der Waals surface area (Å²) < 4.78 is 13.1. The lowest BCUT2D eigenvalue weighted by Gasteiger charge is -2.00. The van der Waals surface area contributed by atoms with E-state index in [9.17, 15) is 14.5 Å². The van der Waals surface area contributed by atoms with Gasteiger partial charge in [0.05, 0.1) is 16.3 Å². The van der Waals surface area contributed by atoms with Crippen LogP contribution in [0.3, 0.4) is 0 Å². The van der Waals surface area contributed by atoms with Crippen LogP contribution in [0.2, 0.25) is 0 Å². The molecule has 0 saturated heterocycles. The Labute approximate surface area is 96.1 Å². The van der Waals surface area contributed by atoms with E-state index in [-0.39, 0.29) is 0 Å². The molecule has 5 nitrogen and oxygen atoms in total. The second-order valence-corrected chi connectivity index (χ2v) is 3.48. The Morgan fingerprint density at radius 3 is 2.59 bits per heavy atom. The van der Waals surface area contributed by atoms with Gasteiger partial charge in [0.15, 0.2) is 0 Å². The highest BCUT2D eigenvalue weighted by Crippen LogP contribution is 2.24. The molecule has 1 heterocycles. The summed E-state index contributed by atoms with van der Waals surface area (Å²) in [5, 5.41) is 18.3. The highest BCUT2D eigenvalue weighted by Gasteiger charge is 2.15. The summed E-state index contributed by atoms with van der Waals surface area (Å²) in [5.74, 6) is -0.862. The molecule has 86 valence electrons. The van der Waals surface area contributed by atoms with E-state index in [0.29, 0.717) is 11.3 Å². The summed E-state index contributed by atoms with van der Waals surface area (Å²) in [6, 6.07) is 7.04. The molecule has 0 saturated carbocycles. The van der Waals surface area contributed by atoms with Gasteiger partial charge < -0.3 is 0 Å². The predicted molar refractivity (Wildman–Crippen MR) is 58.8 cm³/mol. The van der Waals surface area contributed by atoms with E-state index < -0.39 is 16.4 Å². The van der Waals surface area contributed by atoms with Crippen LogP contribution in [0.15, 0.2) is 30.3 Å². The van der Waals surface area contributed by atoms with Crippen LogP contribution in [0.5, 0.6) is 0 Å². The molecule has 0 spiro atoms. The summed E-state index contributed by atoms with van der Waals surface area (Å²) in [6.07, 6.45) is 0. The Kier molecular flexibility index (Phi) is 2.78. The van der Waals surface area contributed by atoms with Crippen molar-refractivity contribution < 1.29 is 9.31 Å². The molecule has 0 aliphatic rings. The summed E-state index contributed by atoms with van der Waals surface area (Å²) in [7, 11) is 0. The zero-order chi connectivity index (χ0) is 12.4. The molecule has 0 aliphatic heterocycles. The third kappa shape index (κ3) is 2.25. The van der Waals surface area contributed by atoms with Crippen LogP contribution in [-0.4, -0.2) is 15.1 Å². The molecule has 0 aliphatic carbocycles. The van der Waals surface area contributed by atoms with Crippen LogP contribution in [0.25, 0.3) is 11.3 Å². The van der Waals surface area contributed by atoms with Crippen molar-refractivity contribution in [2.24, 2.45) is 0 Å². The minimum atomic E-state index is -0.862. The minimum absolute atomic E-state index is 0.464. The van der Waals surface area contributed by atoms with Gasteiger partial charge in [-0.25, -0.2) is 0 Å². The van der Waals surface area contributed by atoms with Crippen molar-refractivity contribution in [3.8, 4) is 11.3 Å². The minimum Gasteiger partial charge on any atom is -0.258 e. The molecule has 6 heteroatoms. The van der Waals surface area contributed by atoms with Gasteiger partial charge in [0, 0.05) is 11.6 Å². The van der Waals surface area contributed by atoms with Gasteiger partial charge in [0.2, 0.25) is 5.82 Å². The van der Waals surface area contributed by atoms with Gasteiger partial charge in [-0.3, -0.25) is 10.1 Å². The molecule has 0 amide bonds. The number of benzene rings is 1. The zero-order valence-corrected chi connectivity index (χ0v) is 8.92. The Morgan fingerprint density at radius 2 is 2.00 bits per heavy atom. The fraction of sp³-hybridized carbons (Fsp3) is 0.0909. The fourth-order valence-corrected chi connectivity index (χ4v) is 1.36. The van der Waals surface area contributed by atoms with Gasteiger partial charge in [-0.15, -0.1) is 0 Å². The molecular formula is C11H8FN3O2.